The molecule has 1 aliphatic rings. The van der Waals surface area contributed by atoms with Crippen LogP contribution in [-0.4, -0.2) is 48.2 Å². The van der Waals surface area contributed by atoms with E-state index in [-0.39, 0.29) is 11.7 Å². The van der Waals surface area contributed by atoms with Gasteiger partial charge in [-0.15, -0.1) is 10.2 Å². The van der Waals surface area contributed by atoms with Gasteiger partial charge in [0, 0.05) is 44.8 Å². The van der Waals surface area contributed by atoms with Gasteiger partial charge in [0.1, 0.15) is 22.3 Å². The Morgan fingerprint density at radius 1 is 1.26 bits per heavy atom. The summed E-state index contributed by atoms with van der Waals surface area (Å²) in [5, 5.41) is 16.5. The topological polar surface area (TPSA) is 99.4 Å². The van der Waals surface area contributed by atoms with Crippen LogP contribution in [0.3, 0.4) is 0 Å². The van der Waals surface area contributed by atoms with Gasteiger partial charge in [-0.05, 0) is 37.1 Å². The summed E-state index contributed by atoms with van der Waals surface area (Å²) in [6.45, 7) is 1.52. The number of halogens is 1. The van der Waals surface area contributed by atoms with E-state index >= 15 is 0 Å². The van der Waals surface area contributed by atoms with Crippen molar-refractivity contribution < 1.29 is 23.2 Å². The number of nitrogens with zero attached hydrogens (tertiary/aromatic N) is 3. The highest BCUT2D eigenvalue weighted by atomic mass is 32.1. The smallest absolute Gasteiger partial charge is 0.233 e. The van der Waals surface area contributed by atoms with Crippen LogP contribution in [0.25, 0.3) is 11.3 Å². The van der Waals surface area contributed by atoms with Crippen molar-refractivity contribution in [1.82, 2.24) is 15.4 Å². The van der Waals surface area contributed by atoms with Crippen molar-refractivity contribution in [1.29, 1.82) is 0 Å². The third-order valence-corrected chi connectivity index (χ3v) is 6.25. The summed E-state index contributed by atoms with van der Waals surface area (Å²) in [5.74, 6) is 0.145. The first kappa shape index (κ1) is 21.5. The molecule has 1 saturated heterocycles. The molecule has 3 heterocycles. The maximum Gasteiger partial charge on any atom is 0.233 e. The Hall–Kier alpha value is -2.69. The van der Waals surface area contributed by atoms with E-state index in [9.17, 15) is 9.18 Å². The summed E-state index contributed by atoms with van der Waals surface area (Å²) in [6, 6.07) is 7.83. The van der Waals surface area contributed by atoms with E-state index in [1.807, 2.05) is 0 Å². The van der Waals surface area contributed by atoms with Gasteiger partial charge < -0.3 is 19.3 Å². The Balaban J connectivity index is 1.49. The average molecular weight is 447 g/mol. The highest BCUT2D eigenvalue weighted by Gasteiger charge is 2.41. The normalized spacial score (nSPS) is 15.7. The number of ether oxygens (including phenoxy) is 2. The number of hydrogen-bond acceptors (Lipinski definition) is 8. The SMILES string of the molecule is COCCc1nnc(NC(=O)C2(Cc3cc(-c4ccc(F)cc4)no3)CCOCC2)s1. The molecule has 10 heteroatoms. The fourth-order valence-corrected chi connectivity index (χ4v) is 4.27. The number of rotatable bonds is 8. The Kier molecular flexibility index (Phi) is 6.69. The lowest BCUT2D eigenvalue weighted by Gasteiger charge is -2.34. The minimum atomic E-state index is -0.698. The molecule has 0 bridgehead atoms. The number of nitrogens with one attached hydrogen (secondary N) is 1. The molecule has 2 aromatic heterocycles. The maximum absolute atomic E-state index is 13.3. The van der Waals surface area contributed by atoms with Crippen LogP contribution in [-0.2, 0) is 27.1 Å². The largest absolute Gasteiger partial charge is 0.384 e. The van der Waals surface area contributed by atoms with Gasteiger partial charge >= 0.3 is 0 Å². The standard InChI is InChI=1S/C21H23FN4O4S/c1-28-9-6-18-24-25-20(31-18)23-19(27)21(7-10-29-11-8-21)13-16-12-17(26-30-16)14-2-4-15(22)5-3-14/h2-5,12H,6-11,13H2,1H3,(H,23,25,27). The molecule has 4 rings (SSSR count). The molecule has 1 aliphatic heterocycles. The third kappa shape index (κ3) is 5.15. The molecular weight excluding hydrogens is 423 g/mol. The second kappa shape index (κ2) is 9.63. The van der Waals surface area contributed by atoms with Crippen LogP contribution in [0.1, 0.15) is 23.6 Å². The molecular formula is C21H23FN4O4S. The molecule has 0 atom stereocenters. The van der Waals surface area contributed by atoms with E-state index in [1.165, 1.54) is 23.5 Å². The predicted octanol–water partition coefficient (Wildman–Crippen LogP) is 3.50. The molecule has 1 fully saturated rings. The second-order valence-electron chi connectivity index (χ2n) is 7.45. The van der Waals surface area contributed by atoms with Crippen LogP contribution in [0.2, 0.25) is 0 Å². The van der Waals surface area contributed by atoms with Crippen molar-refractivity contribution in [3.05, 3.63) is 46.9 Å². The van der Waals surface area contributed by atoms with Gasteiger partial charge in [0.15, 0.2) is 0 Å². The first-order valence-electron chi connectivity index (χ1n) is 10.00. The predicted molar refractivity (Wildman–Crippen MR) is 112 cm³/mol. The van der Waals surface area contributed by atoms with Crippen molar-refractivity contribution in [2.45, 2.75) is 25.7 Å². The zero-order chi connectivity index (χ0) is 21.7. The molecule has 1 aromatic carbocycles. The Morgan fingerprint density at radius 3 is 2.77 bits per heavy atom. The van der Waals surface area contributed by atoms with Gasteiger partial charge in [-0.1, -0.05) is 16.5 Å². The molecule has 0 radical (unpaired) electrons. The molecule has 0 spiro atoms. The van der Waals surface area contributed by atoms with Crippen molar-refractivity contribution >= 4 is 22.4 Å². The highest BCUT2D eigenvalue weighted by molar-refractivity contribution is 7.15. The quantitative estimate of drug-likeness (QED) is 0.565. The van der Waals surface area contributed by atoms with Crippen LogP contribution in [0.5, 0.6) is 0 Å². The Morgan fingerprint density at radius 2 is 2.03 bits per heavy atom. The fraction of sp³-hybridized carbons (Fsp3) is 0.429. The van der Waals surface area contributed by atoms with Crippen molar-refractivity contribution in [2.75, 3.05) is 32.2 Å². The van der Waals surface area contributed by atoms with Crippen LogP contribution in [0.4, 0.5) is 9.52 Å². The van der Waals surface area contributed by atoms with E-state index in [4.69, 9.17) is 14.0 Å². The van der Waals surface area contributed by atoms with Gasteiger partial charge in [0.25, 0.3) is 0 Å². The lowest BCUT2D eigenvalue weighted by molar-refractivity contribution is -0.131. The number of benzene rings is 1. The number of methoxy groups -OCH3 is 1. The second-order valence-corrected chi connectivity index (χ2v) is 8.51. The summed E-state index contributed by atoms with van der Waals surface area (Å²) in [6.07, 6.45) is 2.14. The molecule has 0 unspecified atom stereocenters. The zero-order valence-corrected chi connectivity index (χ0v) is 17.9. The van der Waals surface area contributed by atoms with Crippen LogP contribution in [0, 0.1) is 11.2 Å². The first-order valence-corrected chi connectivity index (χ1v) is 10.8. The lowest BCUT2D eigenvalue weighted by Crippen LogP contribution is -2.42. The third-order valence-electron chi connectivity index (χ3n) is 5.35. The van der Waals surface area contributed by atoms with Gasteiger partial charge in [-0.3, -0.25) is 4.79 Å². The average Bonchev–Trinajstić information content (AvgIpc) is 3.43. The van der Waals surface area contributed by atoms with Crippen molar-refractivity contribution in [3.8, 4) is 11.3 Å². The Bertz CT molecular complexity index is 1010. The van der Waals surface area contributed by atoms with Gasteiger partial charge in [-0.25, -0.2) is 4.39 Å². The van der Waals surface area contributed by atoms with Crippen LogP contribution < -0.4 is 5.32 Å². The molecule has 164 valence electrons. The summed E-state index contributed by atoms with van der Waals surface area (Å²) >= 11 is 1.34. The molecule has 0 saturated carbocycles. The molecule has 1 amide bonds. The van der Waals surface area contributed by atoms with Crippen LogP contribution >= 0.6 is 11.3 Å². The molecule has 3 aromatic rings. The van der Waals surface area contributed by atoms with E-state index in [1.54, 1.807) is 25.3 Å². The van der Waals surface area contributed by atoms with E-state index < -0.39 is 5.41 Å². The van der Waals surface area contributed by atoms with E-state index in [0.717, 1.165) is 10.6 Å². The monoisotopic (exact) mass is 446 g/mol. The molecule has 8 nitrogen and oxygen atoms in total. The Labute approximate surface area is 182 Å². The van der Waals surface area contributed by atoms with Gasteiger partial charge in [0.2, 0.25) is 11.0 Å². The number of amides is 1. The minimum absolute atomic E-state index is 0.134. The summed E-state index contributed by atoms with van der Waals surface area (Å²) in [7, 11) is 1.63. The van der Waals surface area contributed by atoms with E-state index in [2.05, 4.69) is 20.7 Å². The highest BCUT2D eigenvalue weighted by Crippen LogP contribution is 2.37. The van der Waals surface area contributed by atoms with Crippen LogP contribution in [0.15, 0.2) is 34.9 Å². The number of carbonyl (C=O) groups excluding carboxylic acids is 1. The summed E-state index contributed by atoms with van der Waals surface area (Å²) < 4.78 is 29.3. The minimum Gasteiger partial charge on any atom is -0.384 e. The number of carbonyl (C=O) groups is 1. The van der Waals surface area contributed by atoms with Crippen molar-refractivity contribution in [3.63, 3.8) is 0 Å². The van der Waals surface area contributed by atoms with Crippen molar-refractivity contribution in [2.24, 2.45) is 5.41 Å². The number of anilines is 1. The van der Waals surface area contributed by atoms with Gasteiger partial charge in [-0.2, -0.15) is 0 Å². The summed E-state index contributed by atoms with van der Waals surface area (Å²) in [4.78, 5) is 13.3. The number of aromatic nitrogens is 3. The number of hydrogen-bond donors (Lipinski definition) is 1. The molecule has 0 aliphatic carbocycles. The van der Waals surface area contributed by atoms with E-state index in [0.29, 0.717) is 62.1 Å². The molecule has 31 heavy (non-hydrogen) atoms. The summed E-state index contributed by atoms with van der Waals surface area (Å²) in [5.41, 5.74) is 0.653. The zero-order valence-electron chi connectivity index (χ0n) is 17.1. The van der Waals surface area contributed by atoms with Gasteiger partial charge in [0.05, 0.1) is 12.0 Å². The lowest BCUT2D eigenvalue weighted by atomic mass is 9.75. The first-order chi connectivity index (χ1) is 15.1. The maximum atomic E-state index is 13.3. The molecule has 1 N–H and O–H groups in total. The fourth-order valence-electron chi connectivity index (χ4n) is 3.56.